The predicted octanol–water partition coefficient (Wildman–Crippen LogP) is 4.30. The molecule has 1 saturated carbocycles. The van der Waals surface area contributed by atoms with Crippen molar-refractivity contribution in [3.63, 3.8) is 0 Å². The Morgan fingerprint density at radius 3 is 2.49 bits per heavy atom. The molecule has 1 saturated heterocycles. The van der Waals surface area contributed by atoms with E-state index in [0.717, 1.165) is 18.9 Å². The number of aromatic nitrogens is 3. The molecule has 8 nitrogen and oxygen atoms in total. The SMILES string of the molecule is Cc1nc(N[C@H](C)c2cccc(C(C)(F)F)c2F)c2cc(P3(=O)CCN(C(=O)C4CC4)CC3)c(=O)n(C)c2n1. The van der Waals surface area contributed by atoms with E-state index in [1.165, 1.54) is 22.8 Å². The molecular formula is C27H31F3N5O3P. The minimum absolute atomic E-state index is 0.0315. The fraction of sp³-hybridized carbons (Fsp3) is 0.481. The van der Waals surface area contributed by atoms with Gasteiger partial charge in [-0.15, -0.1) is 0 Å². The highest BCUT2D eigenvalue weighted by Crippen LogP contribution is 2.46. The molecule has 0 radical (unpaired) electrons. The Morgan fingerprint density at radius 1 is 1.21 bits per heavy atom. The van der Waals surface area contributed by atoms with Crippen LogP contribution in [0, 0.1) is 18.7 Å². The molecule has 2 aliphatic rings. The summed E-state index contributed by atoms with van der Waals surface area (Å²) in [6.45, 7) is 4.57. The number of alkyl halides is 2. The molecule has 0 spiro atoms. The average molecular weight is 562 g/mol. The van der Waals surface area contributed by atoms with Gasteiger partial charge in [-0.3, -0.25) is 14.2 Å². The molecule has 12 heteroatoms. The number of carbonyl (C=O) groups is 1. The number of anilines is 1. The van der Waals surface area contributed by atoms with E-state index in [-0.39, 0.29) is 40.8 Å². The van der Waals surface area contributed by atoms with Crippen molar-refractivity contribution in [2.45, 2.75) is 45.6 Å². The van der Waals surface area contributed by atoms with Crippen LogP contribution in [0.4, 0.5) is 19.0 Å². The number of halogens is 3. The number of aryl methyl sites for hydroxylation is 2. The van der Waals surface area contributed by atoms with Crippen LogP contribution in [0.25, 0.3) is 11.0 Å². The Morgan fingerprint density at radius 2 is 1.87 bits per heavy atom. The van der Waals surface area contributed by atoms with E-state index in [1.54, 1.807) is 25.8 Å². The van der Waals surface area contributed by atoms with Crippen LogP contribution in [0.15, 0.2) is 29.1 Å². The summed E-state index contributed by atoms with van der Waals surface area (Å²) in [6.07, 6.45) is 2.20. The first-order valence-corrected chi connectivity index (χ1v) is 15.1. The van der Waals surface area contributed by atoms with Crippen LogP contribution in [-0.4, -0.2) is 50.8 Å². The van der Waals surface area contributed by atoms with Crippen LogP contribution in [-0.2, 0) is 22.3 Å². The van der Waals surface area contributed by atoms with Gasteiger partial charge < -0.3 is 14.8 Å². The quantitative estimate of drug-likeness (QED) is 0.451. The summed E-state index contributed by atoms with van der Waals surface area (Å²) in [5.74, 6) is -3.59. The van der Waals surface area contributed by atoms with Crippen molar-refractivity contribution < 1.29 is 22.5 Å². The van der Waals surface area contributed by atoms with Crippen LogP contribution in [0.1, 0.15) is 49.7 Å². The van der Waals surface area contributed by atoms with Gasteiger partial charge >= 0.3 is 0 Å². The van der Waals surface area contributed by atoms with Gasteiger partial charge in [-0.1, -0.05) is 18.2 Å². The molecule has 1 aliphatic carbocycles. The molecule has 1 amide bonds. The first kappa shape index (κ1) is 27.4. The number of hydrogen-bond acceptors (Lipinski definition) is 6. The fourth-order valence-electron chi connectivity index (χ4n) is 5.17. The van der Waals surface area contributed by atoms with Gasteiger partial charge in [-0.2, -0.15) is 0 Å². The van der Waals surface area contributed by atoms with Gasteiger partial charge in [0, 0.05) is 50.9 Å². The van der Waals surface area contributed by atoms with E-state index >= 15 is 4.39 Å². The van der Waals surface area contributed by atoms with E-state index in [2.05, 4.69) is 15.3 Å². The minimum Gasteiger partial charge on any atom is -0.363 e. The molecule has 2 fully saturated rings. The smallest absolute Gasteiger partial charge is 0.273 e. The molecule has 3 heterocycles. The summed E-state index contributed by atoms with van der Waals surface area (Å²) < 4.78 is 58.3. The molecule has 0 unspecified atom stereocenters. The van der Waals surface area contributed by atoms with Gasteiger partial charge in [-0.05, 0) is 32.8 Å². The zero-order valence-corrected chi connectivity index (χ0v) is 23.2. The maximum absolute atomic E-state index is 15.1. The van der Waals surface area contributed by atoms with E-state index in [4.69, 9.17) is 0 Å². The fourth-order valence-corrected chi connectivity index (χ4v) is 7.86. The monoisotopic (exact) mass is 561 g/mol. The van der Waals surface area contributed by atoms with E-state index < -0.39 is 36.0 Å². The summed E-state index contributed by atoms with van der Waals surface area (Å²) in [5.41, 5.74) is -0.793. The van der Waals surface area contributed by atoms with Crippen LogP contribution < -0.4 is 16.2 Å². The normalized spacial score (nSPS) is 18.3. The van der Waals surface area contributed by atoms with E-state index in [0.29, 0.717) is 36.9 Å². The van der Waals surface area contributed by atoms with Gasteiger partial charge in [-0.25, -0.2) is 23.1 Å². The minimum atomic E-state index is -3.35. The molecule has 0 bridgehead atoms. The van der Waals surface area contributed by atoms with Crippen molar-refractivity contribution in [1.82, 2.24) is 19.4 Å². The first-order valence-electron chi connectivity index (χ1n) is 13.0. The lowest BCUT2D eigenvalue weighted by Gasteiger charge is -2.32. The Balaban J connectivity index is 1.52. The van der Waals surface area contributed by atoms with Crippen molar-refractivity contribution in [3.05, 3.63) is 57.4 Å². The Hall–Kier alpha value is -3.20. The largest absolute Gasteiger partial charge is 0.363 e. The predicted molar refractivity (Wildman–Crippen MR) is 144 cm³/mol. The van der Waals surface area contributed by atoms with Crippen LogP contribution >= 0.6 is 7.14 Å². The molecular weight excluding hydrogens is 530 g/mol. The number of pyridine rings is 1. The number of rotatable bonds is 6. The third kappa shape index (κ3) is 5.09. The highest BCUT2D eigenvalue weighted by Gasteiger charge is 2.39. The highest BCUT2D eigenvalue weighted by atomic mass is 31.2. The lowest BCUT2D eigenvalue weighted by atomic mass is 10.0. The highest BCUT2D eigenvalue weighted by molar-refractivity contribution is 7.71. The molecule has 1 atom stereocenters. The van der Waals surface area contributed by atoms with Gasteiger partial charge in [0.1, 0.15) is 30.2 Å². The second-order valence-electron chi connectivity index (χ2n) is 10.6. The number of nitrogens with zero attached hydrogens (tertiary/aromatic N) is 4. The molecule has 5 rings (SSSR count). The van der Waals surface area contributed by atoms with Crippen molar-refractivity contribution in [2.24, 2.45) is 13.0 Å². The summed E-state index contributed by atoms with van der Waals surface area (Å²) in [4.78, 5) is 36.5. The zero-order valence-electron chi connectivity index (χ0n) is 22.3. The summed E-state index contributed by atoms with van der Waals surface area (Å²) in [6, 6.07) is 4.63. The summed E-state index contributed by atoms with van der Waals surface area (Å²) in [5, 5.41) is 3.67. The van der Waals surface area contributed by atoms with Crippen molar-refractivity contribution in [3.8, 4) is 0 Å². The number of benzene rings is 1. The number of nitrogens with one attached hydrogen (secondary N) is 1. The molecule has 39 heavy (non-hydrogen) atoms. The van der Waals surface area contributed by atoms with Crippen LogP contribution in [0.2, 0.25) is 0 Å². The molecule has 3 aromatic rings. The number of carbonyl (C=O) groups excluding carboxylic acids is 1. The topological polar surface area (TPSA) is 97.2 Å². The number of amides is 1. The lowest BCUT2D eigenvalue weighted by molar-refractivity contribution is -0.132. The Labute approximate surface area is 224 Å². The third-order valence-corrected chi connectivity index (χ3v) is 10.7. The maximum atomic E-state index is 15.1. The molecule has 1 aliphatic heterocycles. The second kappa shape index (κ2) is 9.77. The van der Waals surface area contributed by atoms with E-state index in [1.807, 2.05) is 0 Å². The van der Waals surface area contributed by atoms with Crippen molar-refractivity contribution in [1.29, 1.82) is 0 Å². The molecule has 1 N–H and O–H groups in total. The molecule has 208 valence electrons. The van der Waals surface area contributed by atoms with Gasteiger partial charge in [0.25, 0.3) is 11.5 Å². The number of fused-ring (bicyclic) bond motifs is 1. The molecule has 1 aromatic carbocycles. The van der Waals surface area contributed by atoms with Gasteiger partial charge in [0.05, 0.1) is 22.3 Å². The summed E-state index contributed by atoms with van der Waals surface area (Å²) >= 11 is 0. The van der Waals surface area contributed by atoms with Crippen molar-refractivity contribution in [2.75, 3.05) is 30.7 Å². The van der Waals surface area contributed by atoms with Crippen molar-refractivity contribution >= 4 is 35.2 Å². The second-order valence-corrected chi connectivity index (χ2v) is 13.8. The van der Waals surface area contributed by atoms with Gasteiger partial charge in [0.2, 0.25) is 5.91 Å². The molecule has 2 aromatic heterocycles. The average Bonchev–Trinajstić information content (AvgIpc) is 3.71. The Kier molecular flexibility index (Phi) is 6.85. The van der Waals surface area contributed by atoms with E-state index in [9.17, 15) is 22.9 Å². The third-order valence-electron chi connectivity index (χ3n) is 7.62. The zero-order chi connectivity index (χ0) is 28.3. The maximum Gasteiger partial charge on any atom is 0.273 e. The first-order chi connectivity index (χ1) is 18.3. The van der Waals surface area contributed by atoms with Gasteiger partial charge in [0.15, 0.2) is 0 Å². The van der Waals surface area contributed by atoms with Crippen LogP contribution in [0.5, 0.6) is 0 Å². The lowest BCUT2D eigenvalue weighted by Crippen LogP contribution is -2.44. The Bertz CT molecular complexity index is 1570. The number of hydrogen-bond donors (Lipinski definition) is 1. The van der Waals surface area contributed by atoms with Crippen LogP contribution in [0.3, 0.4) is 0 Å². The summed E-state index contributed by atoms with van der Waals surface area (Å²) in [7, 11) is -1.59. The standard InChI is InChI=1S/C27H31F3N5O3P/c1-15(18-6-5-7-20(22(18)28)27(3,29)30)31-23-19-14-21(26(37)34(4)24(19)33-16(2)32-23)39(38)12-10-35(11-13-39)25(36)17-8-9-17/h5-7,14-15,17H,8-13H2,1-4H3,(H,31,32,33)/t15-/m1/s1.